The molecule has 9 heavy (non-hydrogen) atoms. The molecule has 1 rings (SSSR count). The molecule has 1 aliphatic rings. The number of hydrogen-bond acceptors (Lipinski definition) is 1. The van der Waals surface area contributed by atoms with Crippen molar-refractivity contribution < 1.29 is 0 Å². The van der Waals surface area contributed by atoms with E-state index < -0.39 is 0 Å². The van der Waals surface area contributed by atoms with Crippen LogP contribution in [-0.2, 0) is 0 Å². The highest BCUT2D eigenvalue weighted by molar-refractivity contribution is 5.75. The van der Waals surface area contributed by atoms with E-state index in [1.54, 1.807) is 0 Å². The summed E-state index contributed by atoms with van der Waals surface area (Å²) in [5, 5.41) is 6.97. The first-order chi connectivity index (χ1) is 4.33. The summed E-state index contributed by atoms with van der Waals surface area (Å²) >= 11 is 0. The summed E-state index contributed by atoms with van der Waals surface area (Å²) in [5.74, 6) is 0.841. The summed E-state index contributed by atoms with van der Waals surface area (Å²) < 4.78 is 0. The van der Waals surface area contributed by atoms with Crippen molar-refractivity contribution in [2.75, 3.05) is 0 Å². The lowest BCUT2D eigenvalue weighted by molar-refractivity contribution is 0.521. The fourth-order valence-corrected chi connectivity index (χ4v) is 1.12. The molecule has 0 aromatic heterocycles. The monoisotopic (exact) mass is 123 g/mol. The second-order valence-corrected chi connectivity index (χ2v) is 2.80. The van der Waals surface area contributed by atoms with Gasteiger partial charge in [0.15, 0.2) is 0 Å². The van der Waals surface area contributed by atoms with Gasteiger partial charge in [-0.3, -0.25) is 0 Å². The Morgan fingerprint density at radius 1 is 1.78 bits per heavy atom. The van der Waals surface area contributed by atoms with E-state index in [9.17, 15) is 0 Å². The van der Waals surface area contributed by atoms with Gasteiger partial charge in [0.2, 0.25) is 0 Å². The molecule has 50 valence electrons. The largest absolute Gasteiger partial charge is 0.308 e. The van der Waals surface area contributed by atoms with E-state index in [-0.39, 0.29) is 0 Å². The van der Waals surface area contributed by atoms with Crippen LogP contribution in [0.1, 0.15) is 26.2 Å². The van der Waals surface area contributed by atoms with E-state index in [2.05, 4.69) is 13.0 Å². The number of allylic oxidation sites excluding steroid dienone is 2. The molecule has 1 N–H and O–H groups in total. The highest BCUT2D eigenvalue weighted by Crippen LogP contribution is 2.20. The van der Waals surface area contributed by atoms with Gasteiger partial charge in [0, 0.05) is 6.21 Å². The quantitative estimate of drug-likeness (QED) is 0.518. The van der Waals surface area contributed by atoms with Gasteiger partial charge >= 0.3 is 0 Å². The van der Waals surface area contributed by atoms with E-state index in [1.165, 1.54) is 24.6 Å². The molecule has 0 aromatic rings. The molecule has 1 nitrogen and oxygen atoms in total. The molecule has 0 amide bonds. The number of hydrogen-bond donors (Lipinski definition) is 1. The maximum Gasteiger partial charge on any atom is 0.0206 e. The van der Waals surface area contributed by atoms with E-state index in [0.29, 0.717) is 0 Å². The van der Waals surface area contributed by atoms with Crippen LogP contribution in [0.15, 0.2) is 11.6 Å². The Kier molecular flexibility index (Phi) is 2.04. The van der Waals surface area contributed by atoms with Gasteiger partial charge in [0.25, 0.3) is 0 Å². The zero-order valence-corrected chi connectivity index (χ0v) is 5.85. The third-order valence-corrected chi connectivity index (χ3v) is 1.89. The normalized spacial score (nSPS) is 27.2. The van der Waals surface area contributed by atoms with Gasteiger partial charge in [-0.1, -0.05) is 13.0 Å². The van der Waals surface area contributed by atoms with Crippen LogP contribution in [0, 0.1) is 11.3 Å². The smallest absolute Gasteiger partial charge is 0.0206 e. The van der Waals surface area contributed by atoms with Crippen molar-refractivity contribution in [1.29, 1.82) is 5.41 Å². The van der Waals surface area contributed by atoms with Crippen molar-refractivity contribution in [3.8, 4) is 0 Å². The molecule has 1 unspecified atom stereocenters. The van der Waals surface area contributed by atoms with Crippen LogP contribution in [0.5, 0.6) is 0 Å². The van der Waals surface area contributed by atoms with E-state index in [1.807, 2.05) is 0 Å². The fourth-order valence-electron chi connectivity index (χ4n) is 1.12. The first-order valence-corrected chi connectivity index (χ1v) is 3.52. The minimum absolute atomic E-state index is 0.841. The number of rotatable bonds is 1. The third-order valence-electron chi connectivity index (χ3n) is 1.89. The highest BCUT2D eigenvalue weighted by Gasteiger charge is 2.06. The molecule has 1 aliphatic carbocycles. The van der Waals surface area contributed by atoms with Crippen LogP contribution in [-0.4, -0.2) is 6.21 Å². The lowest BCUT2D eigenvalue weighted by atomic mass is 9.92. The number of nitrogens with one attached hydrogen (secondary N) is 1. The molecule has 0 aliphatic heterocycles. The molecule has 0 saturated heterocycles. The minimum atomic E-state index is 0.841. The lowest BCUT2D eigenvalue weighted by Crippen LogP contribution is -2.01. The van der Waals surface area contributed by atoms with Gasteiger partial charge in [-0.15, -0.1) is 0 Å². The van der Waals surface area contributed by atoms with Crippen molar-refractivity contribution in [1.82, 2.24) is 0 Å². The molecular formula is C8H13N. The van der Waals surface area contributed by atoms with Crippen molar-refractivity contribution in [3.05, 3.63) is 11.6 Å². The predicted octanol–water partition coefficient (Wildman–Crippen LogP) is 2.38. The van der Waals surface area contributed by atoms with Gasteiger partial charge in [-0.05, 0) is 30.8 Å². The van der Waals surface area contributed by atoms with Gasteiger partial charge in [0.1, 0.15) is 0 Å². The second kappa shape index (κ2) is 2.81. The van der Waals surface area contributed by atoms with Crippen LogP contribution in [0.4, 0.5) is 0 Å². The second-order valence-electron chi connectivity index (χ2n) is 2.80. The van der Waals surface area contributed by atoms with Crippen molar-refractivity contribution in [3.63, 3.8) is 0 Å². The zero-order valence-electron chi connectivity index (χ0n) is 5.85. The first-order valence-electron chi connectivity index (χ1n) is 3.52. The van der Waals surface area contributed by atoms with Gasteiger partial charge < -0.3 is 5.41 Å². The van der Waals surface area contributed by atoms with Crippen LogP contribution in [0.2, 0.25) is 0 Å². The Labute approximate surface area is 56.3 Å². The van der Waals surface area contributed by atoms with E-state index in [4.69, 9.17) is 5.41 Å². The predicted molar refractivity (Wildman–Crippen MR) is 39.9 cm³/mol. The standard InChI is InChI=1S/C8H13N/c1-7-2-4-8(6-9)5-3-7/h4,6-7,9H,2-3,5H2,1H3. The van der Waals surface area contributed by atoms with Gasteiger partial charge in [-0.25, -0.2) is 0 Å². The molecule has 0 aromatic carbocycles. The fraction of sp³-hybridized carbons (Fsp3) is 0.625. The molecule has 0 saturated carbocycles. The molecule has 0 radical (unpaired) electrons. The summed E-state index contributed by atoms with van der Waals surface area (Å²) in [5.41, 5.74) is 1.22. The van der Waals surface area contributed by atoms with Gasteiger partial charge in [0.05, 0.1) is 0 Å². The molecule has 0 spiro atoms. The summed E-state index contributed by atoms with van der Waals surface area (Å²) in [4.78, 5) is 0. The average Bonchev–Trinajstić information content (AvgIpc) is 1.90. The first kappa shape index (κ1) is 6.53. The summed E-state index contributed by atoms with van der Waals surface area (Å²) in [6.07, 6.45) is 7.21. The maximum absolute atomic E-state index is 6.97. The van der Waals surface area contributed by atoms with E-state index >= 15 is 0 Å². The SMILES string of the molecule is CC1CC=C(C=N)CC1. The minimum Gasteiger partial charge on any atom is -0.308 e. The van der Waals surface area contributed by atoms with Gasteiger partial charge in [-0.2, -0.15) is 0 Å². The zero-order chi connectivity index (χ0) is 6.69. The van der Waals surface area contributed by atoms with Crippen LogP contribution >= 0.6 is 0 Å². The van der Waals surface area contributed by atoms with Crippen molar-refractivity contribution in [2.45, 2.75) is 26.2 Å². The Balaban J connectivity index is 2.49. The molecular weight excluding hydrogens is 110 g/mol. The molecule has 1 atom stereocenters. The molecule has 0 fully saturated rings. The van der Waals surface area contributed by atoms with Crippen molar-refractivity contribution >= 4 is 6.21 Å². The maximum atomic E-state index is 6.97. The highest BCUT2D eigenvalue weighted by atomic mass is 14.3. The summed E-state index contributed by atoms with van der Waals surface area (Å²) in [6, 6.07) is 0. The van der Waals surface area contributed by atoms with E-state index in [0.717, 1.165) is 12.3 Å². The topological polar surface area (TPSA) is 23.9 Å². The molecule has 0 heterocycles. The Bertz CT molecular complexity index is 136. The Hall–Kier alpha value is -0.590. The van der Waals surface area contributed by atoms with Crippen LogP contribution < -0.4 is 0 Å². The molecule has 1 heteroatoms. The van der Waals surface area contributed by atoms with Crippen molar-refractivity contribution in [2.24, 2.45) is 5.92 Å². The van der Waals surface area contributed by atoms with Crippen LogP contribution in [0.25, 0.3) is 0 Å². The Morgan fingerprint density at radius 2 is 2.56 bits per heavy atom. The molecule has 0 bridgehead atoms. The average molecular weight is 123 g/mol. The Morgan fingerprint density at radius 3 is 3.00 bits per heavy atom. The summed E-state index contributed by atoms with van der Waals surface area (Å²) in [6.45, 7) is 2.26. The lowest BCUT2D eigenvalue weighted by Gasteiger charge is -2.14. The van der Waals surface area contributed by atoms with Crippen LogP contribution in [0.3, 0.4) is 0 Å². The summed E-state index contributed by atoms with van der Waals surface area (Å²) in [7, 11) is 0. The third kappa shape index (κ3) is 1.67.